The van der Waals surface area contributed by atoms with Crippen molar-refractivity contribution in [1.29, 1.82) is 5.41 Å². The molecular weight excluding hydrogens is 243 g/mol. The summed E-state index contributed by atoms with van der Waals surface area (Å²) in [4.78, 5) is 8.56. The van der Waals surface area contributed by atoms with Crippen molar-refractivity contribution in [2.75, 3.05) is 5.32 Å². The van der Waals surface area contributed by atoms with Crippen molar-refractivity contribution in [2.24, 2.45) is 5.73 Å². The summed E-state index contributed by atoms with van der Waals surface area (Å²) in [5.74, 6) is -4.82. The first-order chi connectivity index (χ1) is 7.75. The zero-order valence-corrected chi connectivity index (χ0v) is 8.17. The molecule has 0 spiro atoms. The van der Waals surface area contributed by atoms with E-state index in [0.717, 1.165) is 12.1 Å². The van der Waals surface area contributed by atoms with Crippen LogP contribution < -0.4 is 11.1 Å². The van der Waals surface area contributed by atoms with E-state index >= 15 is 0 Å². The quantitative estimate of drug-likeness (QED) is 0.295. The van der Waals surface area contributed by atoms with Crippen LogP contribution in [0.3, 0.4) is 0 Å². The van der Waals surface area contributed by atoms with Crippen molar-refractivity contribution in [1.82, 2.24) is 0 Å². The second-order valence-corrected chi connectivity index (χ2v) is 2.54. The Morgan fingerprint density at radius 1 is 1.24 bits per heavy atom. The van der Waals surface area contributed by atoms with Crippen LogP contribution in [-0.2, 0) is 0 Å². The van der Waals surface area contributed by atoms with Gasteiger partial charge in [0.15, 0.2) is 23.4 Å². The summed E-state index contributed by atoms with van der Waals surface area (Å²) in [7, 11) is 0. The summed E-state index contributed by atoms with van der Waals surface area (Å²) in [6, 6.07) is 1.69. The Kier molecular flexibility index (Phi) is 5.31. The molecule has 1 aromatic carbocycles. The third-order valence-electron chi connectivity index (χ3n) is 1.30. The maximum absolute atomic E-state index is 12.8. The Labute approximate surface area is 93.0 Å². The van der Waals surface area contributed by atoms with Gasteiger partial charge in [-0.25, -0.2) is 18.0 Å². The number of hydrogen-bond donors (Lipinski definition) is 5. The molecule has 1 rings (SSSR count). The molecule has 0 amide bonds. The first-order valence-corrected chi connectivity index (χ1v) is 3.92. The molecule has 0 saturated heterocycles. The molecule has 9 heteroatoms. The fraction of sp³-hybridized carbons (Fsp3) is 0. The van der Waals surface area contributed by atoms with Gasteiger partial charge >= 0.3 is 6.16 Å². The largest absolute Gasteiger partial charge is 0.503 e. The van der Waals surface area contributed by atoms with Gasteiger partial charge in [-0.3, -0.25) is 5.41 Å². The Morgan fingerprint density at radius 3 is 2.12 bits per heavy atom. The lowest BCUT2D eigenvalue weighted by Gasteiger charge is -2.05. The van der Waals surface area contributed by atoms with Gasteiger partial charge in [0.2, 0.25) is 0 Å². The van der Waals surface area contributed by atoms with Gasteiger partial charge in [-0.15, -0.1) is 0 Å². The van der Waals surface area contributed by atoms with E-state index in [4.69, 9.17) is 26.2 Å². The van der Waals surface area contributed by atoms with E-state index in [1.54, 1.807) is 0 Å². The van der Waals surface area contributed by atoms with Gasteiger partial charge in [-0.05, 0) is 12.1 Å². The van der Waals surface area contributed by atoms with E-state index in [0.29, 0.717) is 0 Å². The highest BCUT2D eigenvalue weighted by molar-refractivity contribution is 5.89. The first kappa shape index (κ1) is 14.5. The molecule has 17 heavy (non-hydrogen) atoms. The summed E-state index contributed by atoms with van der Waals surface area (Å²) in [5, 5.41) is 22.7. The van der Waals surface area contributed by atoms with Crippen molar-refractivity contribution < 1.29 is 28.2 Å². The minimum atomic E-state index is -1.83. The molecule has 6 nitrogen and oxygen atoms in total. The molecule has 0 aliphatic heterocycles. The monoisotopic (exact) mass is 251 g/mol. The SMILES string of the molecule is N=C(N)Nc1ccc(F)c(F)c1F.O=C(O)O. The molecule has 1 aromatic rings. The number of halogens is 3. The standard InChI is InChI=1S/C7H6F3N3.CH2O3/c8-3-1-2-4(13-7(11)12)6(10)5(3)9;2-1(3)4/h1-2H,(H4,11,12,13);(H2,2,3,4). The number of guanidine groups is 1. The third kappa shape index (κ3) is 5.25. The van der Waals surface area contributed by atoms with Crippen LogP contribution in [-0.4, -0.2) is 22.3 Å². The van der Waals surface area contributed by atoms with Crippen LogP contribution in [0.5, 0.6) is 0 Å². The highest BCUT2D eigenvalue weighted by atomic mass is 19.2. The van der Waals surface area contributed by atoms with Crippen LogP contribution in [0.25, 0.3) is 0 Å². The highest BCUT2D eigenvalue weighted by Crippen LogP contribution is 2.18. The fourth-order valence-corrected chi connectivity index (χ4v) is 0.768. The Morgan fingerprint density at radius 2 is 1.71 bits per heavy atom. The highest BCUT2D eigenvalue weighted by Gasteiger charge is 2.12. The van der Waals surface area contributed by atoms with E-state index in [9.17, 15) is 13.2 Å². The molecular formula is C8H8F3N3O3. The van der Waals surface area contributed by atoms with Crippen LogP contribution >= 0.6 is 0 Å². The lowest BCUT2D eigenvalue weighted by atomic mass is 10.3. The number of nitrogens with two attached hydrogens (primary N) is 1. The zero-order valence-electron chi connectivity index (χ0n) is 8.17. The van der Waals surface area contributed by atoms with Crippen LogP contribution in [0.1, 0.15) is 0 Å². The number of anilines is 1. The number of carbonyl (C=O) groups is 1. The number of benzene rings is 1. The van der Waals surface area contributed by atoms with Crippen LogP contribution in [0, 0.1) is 22.9 Å². The molecule has 0 unspecified atom stereocenters. The molecule has 0 aliphatic carbocycles. The average molecular weight is 251 g/mol. The van der Waals surface area contributed by atoms with Gasteiger partial charge in [0.1, 0.15) is 0 Å². The number of carboxylic acid groups (broad SMARTS) is 2. The van der Waals surface area contributed by atoms with Crippen LogP contribution in [0.2, 0.25) is 0 Å². The summed E-state index contributed by atoms with van der Waals surface area (Å²) in [6.07, 6.45) is -1.83. The predicted octanol–water partition coefficient (Wildman–Crippen LogP) is 1.63. The van der Waals surface area contributed by atoms with Crippen molar-refractivity contribution in [3.05, 3.63) is 29.6 Å². The van der Waals surface area contributed by atoms with Gasteiger partial charge in [0.05, 0.1) is 5.69 Å². The molecule has 6 N–H and O–H groups in total. The van der Waals surface area contributed by atoms with Crippen molar-refractivity contribution in [2.45, 2.75) is 0 Å². The summed E-state index contributed by atoms with van der Waals surface area (Å²) in [5.41, 5.74) is 4.50. The van der Waals surface area contributed by atoms with Crippen molar-refractivity contribution in [3.63, 3.8) is 0 Å². The molecule has 0 aromatic heterocycles. The molecule has 0 radical (unpaired) electrons. The van der Waals surface area contributed by atoms with Gasteiger partial charge in [-0.1, -0.05) is 0 Å². The number of rotatable bonds is 1. The lowest BCUT2D eigenvalue weighted by Crippen LogP contribution is -2.21. The van der Waals surface area contributed by atoms with Gasteiger partial charge in [-0.2, -0.15) is 0 Å². The number of nitrogens with one attached hydrogen (secondary N) is 2. The summed E-state index contributed by atoms with van der Waals surface area (Å²) < 4.78 is 37.7. The van der Waals surface area contributed by atoms with E-state index in [2.05, 4.69) is 0 Å². The smallest absolute Gasteiger partial charge is 0.450 e. The molecule has 0 aliphatic rings. The second kappa shape index (κ2) is 6.20. The summed E-state index contributed by atoms with van der Waals surface area (Å²) in [6.45, 7) is 0. The van der Waals surface area contributed by atoms with E-state index in [-0.39, 0.29) is 5.69 Å². The van der Waals surface area contributed by atoms with E-state index in [1.807, 2.05) is 5.32 Å². The van der Waals surface area contributed by atoms with E-state index in [1.165, 1.54) is 0 Å². The summed E-state index contributed by atoms with van der Waals surface area (Å²) >= 11 is 0. The average Bonchev–Trinajstić information content (AvgIpc) is 2.18. The van der Waals surface area contributed by atoms with E-state index < -0.39 is 29.6 Å². The molecule has 0 bridgehead atoms. The third-order valence-corrected chi connectivity index (χ3v) is 1.30. The first-order valence-electron chi connectivity index (χ1n) is 3.92. The van der Waals surface area contributed by atoms with Gasteiger partial charge in [0, 0.05) is 0 Å². The van der Waals surface area contributed by atoms with Crippen LogP contribution in [0.15, 0.2) is 12.1 Å². The minimum Gasteiger partial charge on any atom is -0.450 e. The topological polar surface area (TPSA) is 119 Å². The van der Waals surface area contributed by atoms with Crippen molar-refractivity contribution >= 4 is 17.8 Å². The molecule has 0 fully saturated rings. The molecule has 0 heterocycles. The lowest BCUT2D eigenvalue weighted by molar-refractivity contribution is 0.137. The molecule has 0 saturated carbocycles. The Hall–Kier alpha value is -2.45. The fourth-order valence-electron chi connectivity index (χ4n) is 0.768. The van der Waals surface area contributed by atoms with Crippen molar-refractivity contribution in [3.8, 4) is 0 Å². The Balaban J connectivity index is 0.000000557. The Bertz CT molecular complexity index is 436. The zero-order chi connectivity index (χ0) is 13.6. The number of hydrogen-bond acceptors (Lipinski definition) is 2. The molecule has 0 atom stereocenters. The maximum Gasteiger partial charge on any atom is 0.503 e. The molecule has 94 valence electrons. The van der Waals surface area contributed by atoms with Gasteiger partial charge < -0.3 is 21.3 Å². The maximum atomic E-state index is 12.8. The second-order valence-electron chi connectivity index (χ2n) is 2.54. The van der Waals surface area contributed by atoms with Crippen LogP contribution in [0.4, 0.5) is 23.7 Å². The minimum absolute atomic E-state index is 0.369. The van der Waals surface area contributed by atoms with Gasteiger partial charge in [0.25, 0.3) is 0 Å². The predicted molar refractivity (Wildman–Crippen MR) is 52.5 cm³/mol. The normalized spacial score (nSPS) is 8.88.